The Bertz CT molecular complexity index is 675. The highest BCUT2D eigenvalue weighted by atomic mass is 16.5. The fraction of sp³-hybridized carbons (Fsp3) is 0.444. The maximum absolute atomic E-state index is 6.05. The second kappa shape index (κ2) is 5.81. The second-order valence-electron chi connectivity index (χ2n) is 6.49. The van der Waals surface area contributed by atoms with Gasteiger partial charge < -0.3 is 14.4 Å². The van der Waals surface area contributed by atoms with Gasteiger partial charge in [0.25, 0.3) is 0 Å². The van der Waals surface area contributed by atoms with Crippen LogP contribution in [0.5, 0.6) is 11.6 Å². The van der Waals surface area contributed by atoms with Crippen molar-refractivity contribution in [3.63, 3.8) is 0 Å². The lowest BCUT2D eigenvalue weighted by molar-refractivity contribution is -0.0577. The molecule has 1 saturated carbocycles. The summed E-state index contributed by atoms with van der Waals surface area (Å²) in [5, 5.41) is 0. The molecule has 5 heteroatoms. The zero-order valence-corrected chi connectivity index (χ0v) is 13.3. The average Bonchev–Trinajstić information content (AvgIpc) is 3.42. The third-order valence-corrected chi connectivity index (χ3v) is 4.66. The average molecular weight is 311 g/mol. The van der Waals surface area contributed by atoms with Gasteiger partial charge in [-0.05, 0) is 37.8 Å². The molecule has 1 unspecified atom stereocenters. The first-order valence-electron chi connectivity index (χ1n) is 8.17. The molecule has 5 nitrogen and oxygen atoms in total. The third-order valence-electron chi connectivity index (χ3n) is 4.66. The van der Waals surface area contributed by atoms with E-state index in [1.165, 1.54) is 12.8 Å². The maximum atomic E-state index is 6.05. The van der Waals surface area contributed by atoms with E-state index in [4.69, 9.17) is 9.47 Å². The monoisotopic (exact) mass is 311 g/mol. The van der Waals surface area contributed by atoms with Gasteiger partial charge in [-0.2, -0.15) is 0 Å². The SMILES string of the molecule is CC1(C2CC2)CN(c2cc(Oc3ccccc3)ncn2)CCO1. The number of rotatable bonds is 4. The fourth-order valence-corrected chi connectivity index (χ4v) is 3.20. The van der Waals surface area contributed by atoms with Crippen molar-refractivity contribution in [2.24, 2.45) is 5.92 Å². The Morgan fingerprint density at radius 2 is 2.04 bits per heavy atom. The number of ether oxygens (including phenoxy) is 2. The number of nitrogens with zero attached hydrogens (tertiary/aromatic N) is 3. The molecule has 4 rings (SSSR count). The predicted molar refractivity (Wildman–Crippen MR) is 87.8 cm³/mol. The lowest BCUT2D eigenvalue weighted by Gasteiger charge is -2.41. The molecule has 2 heterocycles. The van der Waals surface area contributed by atoms with Gasteiger partial charge in [0, 0.05) is 19.2 Å². The van der Waals surface area contributed by atoms with Crippen LogP contribution in [0.4, 0.5) is 5.82 Å². The molecule has 0 radical (unpaired) electrons. The number of anilines is 1. The number of aromatic nitrogens is 2. The van der Waals surface area contributed by atoms with Crippen molar-refractivity contribution in [2.45, 2.75) is 25.4 Å². The molecule has 0 spiro atoms. The van der Waals surface area contributed by atoms with E-state index in [9.17, 15) is 0 Å². The van der Waals surface area contributed by atoms with Crippen molar-refractivity contribution in [3.8, 4) is 11.6 Å². The minimum atomic E-state index is -0.0519. The Morgan fingerprint density at radius 1 is 1.22 bits per heavy atom. The zero-order valence-electron chi connectivity index (χ0n) is 13.3. The van der Waals surface area contributed by atoms with Crippen LogP contribution in [0, 0.1) is 5.92 Å². The van der Waals surface area contributed by atoms with Crippen molar-refractivity contribution in [1.82, 2.24) is 9.97 Å². The Hall–Kier alpha value is -2.14. The summed E-state index contributed by atoms with van der Waals surface area (Å²) in [5.41, 5.74) is -0.0519. The highest BCUT2D eigenvalue weighted by molar-refractivity contribution is 5.43. The van der Waals surface area contributed by atoms with E-state index in [0.717, 1.165) is 31.3 Å². The Kier molecular flexibility index (Phi) is 3.65. The van der Waals surface area contributed by atoms with E-state index in [2.05, 4.69) is 21.8 Å². The summed E-state index contributed by atoms with van der Waals surface area (Å²) in [6.07, 6.45) is 4.12. The maximum Gasteiger partial charge on any atom is 0.224 e. The van der Waals surface area contributed by atoms with E-state index in [0.29, 0.717) is 11.8 Å². The summed E-state index contributed by atoms with van der Waals surface area (Å²) in [4.78, 5) is 10.9. The van der Waals surface area contributed by atoms with Crippen LogP contribution in [-0.2, 0) is 4.74 Å². The van der Waals surface area contributed by atoms with Gasteiger partial charge in [-0.15, -0.1) is 0 Å². The van der Waals surface area contributed by atoms with Crippen LogP contribution in [0.2, 0.25) is 0 Å². The van der Waals surface area contributed by atoms with Crippen molar-refractivity contribution in [3.05, 3.63) is 42.7 Å². The molecule has 0 amide bonds. The molecule has 1 aromatic carbocycles. The van der Waals surface area contributed by atoms with Gasteiger partial charge in [-0.1, -0.05) is 18.2 Å². The first kappa shape index (κ1) is 14.5. The Labute approximate surface area is 136 Å². The van der Waals surface area contributed by atoms with Crippen molar-refractivity contribution >= 4 is 5.82 Å². The number of benzene rings is 1. The van der Waals surface area contributed by atoms with E-state index in [-0.39, 0.29) is 5.60 Å². The summed E-state index contributed by atoms with van der Waals surface area (Å²) in [5.74, 6) is 2.94. The van der Waals surface area contributed by atoms with Crippen LogP contribution in [0.1, 0.15) is 19.8 Å². The van der Waals surface area contributed by atoms with Crippen LogP contribution in [0.3, 0.4) is 0 Å². The molecule has 0 bridgehead atoms. The minimum Gasteiger partial charge on any atom is -0.439 e. The zero-order chi connectivity index (χ0) is 15.7. The normalized spacial score (nSPS) is 24.5. The van der Waals surface area contributed by atoms with E-state index < -0.39 is 0 Å². The second-order valence-corrected chi connectivity index (χ2v) is 6.49. The first-order valence-corrected chi connectivity index (χ1v) is 8.17. The van der Waals surface area contributed by atoms with Gasteiger partial charge in [0.05, 0.1) is 12.2 Å². The molecule has 1 aliphatic heterocycles. The third kappa shape index (κ3) is 3.15. The van der Waals surface area contributed by atoms with E-state index >= 15 is 0 Å². The molecule has 2 aromatic rings. The smallest absolute Gasteiger partial charge is 0.224 e. The molecular formula is C18H21N3O2. The summed E-state index contributed by atoms with van der Waals surface area (Å²) in [6.45, 7) is 4.69. The van der Waals surface area contributed by atoms with Crippen molar-refractivity contribution < 1.29 is 9.47 Å². The molecule has 1 saturated heterocycles. The molecule has 1 aliphatic carbocycles. The number of hydrogen-bond acceptors (Lipinski definition) is 5. The summed E-state index contributed by atoms with van der Waals surface area (Å²) in [6, 6.07) is 11.6. The summed E-state index contributed by atoms with van der Waals surface area (Å²) < 4.78 is 11.9. The lowest BCUT2D eigenvalue weighted by atomic mass is 9.98. The predicted octanol–water partition coefficient (Wildman–Crippen LogP) is 3.27. The van der Waals surface area contributed by atoms with E-state index in [1.807, 2.05) is 36.4 Å². The van der Waals surface area contributed by atoms with Crippen molar-refractivity contribution in [2.75, 3.05) is 24.6 Å². The van der Waals surface area contributed by atoms with Crippen molar-refractivity contribution in [1.29, 1.82) is 0 Å². The molecule has 23 heavy (non-hydrogen) atoms. The van der Waals surface area contributed by atoms with Crippen LogP contribution >= 0.6 is 0 Å². The summed E-state index contributed by atoms with van der Waals surface area (Å²) in [7, 11) is 0. The Balaban J connectivity index is 1.51. The molecule has 0 N–H and O–H groups in total. The molecule has 120 valence electrons. The van der Waals surface area contributed by atoms with Crippen LogP contribution in [-0.4, -0.2) is 35.3 Å². The molecular weight excluding hydrogens is 290 g/mol. The topological polar surface area (TPSA) is 47.5 Å². The number of morpholine rings is 1. The first-order chi connectivity index (χ1) is 11.2. The summed E-state index contributed by atoms with van der Waals surface area (Å²) >= 11 is 0. The fourth-order valence-electron chi connectivity index (χ4n) is 3.20. The van der Waals surface area contributed by atoms with Gasteiger partial charge in [0.2, 0.25) is 5.88 Å². The molecule has 1 aromatic heterocycles. The lowest BCUT2D eigenvalue weighted by Crippen LogP contribution is -2.51. The van der Waals surface area contributed by atoms with Gasteiger partial charge in [-0.25, -0.2) is 9.97 Å². The van der Waals surface area contributed by atoms with Crippen LogP contribution in [0.15, 0.2) is 42.7 Å². The van der Waals surface area contributed by atoms with Gasteiger partial charge in [0.15, 0.2) is 0 Å². The number of hydrogen-bond donors (Lipinski definition) is 0. The number of para-hydroxylation sites is 1. The minimum absolute atomic E-state index is 0.0519. The quantitative estimate of drug-likeness (QED) is 0.867. The molecule has 1 atom stereocenters. The highest BCUT2D eigenvalue weighted by Crippen LogP contribution is 2.43. The largest absolute Gasteiger partial charge is 0.439 e. The highest BCUT2D eigenvalue weighted by Gasteiger charge is 2.45. The van der Waals surface area contributed by atoms with Gasteiger partial charge in [-0.3, -0.25) is 0 Å². The molecule has 2 fully saturated rings. The van der Waals surface area contributed by atoms with Crippen LogP contribution < -0.4 is 9.64 Å². The van der Waals surface area contributed by atoms with E-state index in [1.54, 1.807) is 6.33 Å². The van der Waals surface area contributed by atoms with Gasteiger partial charge in [0.1, 0.15) is 17.9 Å². The standard InChI is InChI=1S/C18H21N3O2/c1-18(14-7-8-14)12-21(9-10-22-18)16-11-17(20-13-19-16)23-15-5-3-2-4-6-15/h2-6,11,13-14H,7-10,12H2,1H3. The Morgan fingerprint density at radius 3 is 2.83 bits per heavy atom. The van der Waals surface area contributed by atoms with Gasteiger partial charge >= 0.3 is 0 Å². The molecule has 2 aliphatic rings. The van der Waals surface area contributed by atoms with Crippen LogP contribution in [0.25, 0.3) is 0 Å².